The van der Waals surface area contributed by atoms with Gasteiger partial charge in [-0.1, -0.05) is 24.3 Å². The summed E-state index contributed by atoms with van der Waals surface area (Å²) in [4.78, 5) is 0. The fourth-order valence-corrected chi connectivity index (χ4v) is 2.09. The molecule has 0 saturated carbocycles. The van der Waals surface area contributed by atoms with E-state index in [-0.39, 0.29) is 23.7 Å². The van der Waals surface area contributed by atoms with Crippen molar-refractivity contribution in [2.24, 2.45) is 0 Å². The first-order valence-corrected chi connectivity index (χ1v) is 6.33. The molecular weight excluding hydrogens is 244 g/mol. The largest absolute Gasteiger partial charge is 0.304 e. The maximum Gasteiger partial charge on any atom is 0.123 e. The fourth-order valence-electron chi connectivity index (χ4n) is 2.09. The Morgan fingerprint density at radius 2 is 1.42 bits per heavy atom. The molecule has 0 fully saturated rings. The van der Waals surface area contributed by atoms with Gasteiger partial charge in [0.05, 0.1) is 0 Å². The van der Waals surface area contributed by atoms with Crippen LogP contribution < -0.4 is 5.32 Å². The highest BCUT2D eigenvalue weighted by Gasteiger charge is 2.11. The zero-order valence-electron chi connectivity index (χ0n) is 11.0. The van der Waals surface area contributed by atoms with Crippen LogP contribution in [0.1, 0.15) is 37.1 Å². The first kappa shape index (κ1) is 13.7. The normalized spacial score (nSPS) is 14.1. The molecule has 3 heteroatoms. The molecule has 0 radical (unpaired) electrons. The molecule has 2 atom stereocenters. The van der Waals surface area contributed by atoms with Crippen LogP contribution in [0.2, 0.25) is 0 Å². The monoisotopic (exact) mass is 261 g/mol. The van der Waals surface area contributed by atoms with Gasteiger partial charge in [0, 0.05) is 12.1 Å². The summed E-state index contributed by atoms with van der Waals surface area (Å²) >= 11 is 0. The first-order chi connectivity index (χ1) is 9.06. The van der Waals surface area contributed by atoms with Gasteiger partial charge in [0.25, 0.3) is 0 Å². The third-order valence-corrected chi connectivity index (χ3v) is 3.22. The molecule has 1 N–H and O–H groups in total. The molecule has 100 valence electrons. The molecule has 1 nitrogen and oxygen atoms in total. The van der Waals surface area contributed by atoms with E-state index in [1.807, 2.05) is 19.9 Å². The minimum atomic E-state index is -0.242. The molecule has 0 aliphatic heterocycles. The van der Waals surface area contributed by atoms with Crippen LogP contribution in [0.5, 0.6) is 0 Å². The lowest BCUT2D eigenvalue weighted by Gasteiger charge is -2.20. The smallest absolute Gasteiger partial charge is 0.123 e. The summed E-state index contributed by atoms with van der Waals surface area (Å²) < 4.78 is 26.0. The lowest BCUT2D eigenvalue weighted by molar-refractivity contribution is 0.491. The zero-order chi connectivity index (χ0) is 13.8. The number of hydrogen-bond donors (Lipinski definition) is 1. The van der Waals surface area contributed by atoms with Crippen LogP contribution in [0.15, 0.2) is 48.5 Å². The van der Waals surface area contributed by atoms with E-state index in [0.29, 0.717) is 0 Å². The van der Waals surface area contributed by atoms with E-state index in [1.54, 1.807) is 18.2 Å². The molecule has 0 bridgehead atoms. The van der Waals surface area contributed by atoms with Crippen LogP contribution in [-0.2, 0) is 0 Å². The Morgan fingerprint density at radius 1 is 0.789 bits per heavy atom. The van der Waals surface area contributed by atoms with Crippen molar-refractivity contribution in [3.05, 3.63) is 71.3 Å². The van der Waals surface area contributed by atoms with Gasteiger partial charge in [-0.25, -0.2) is 8.78 Å². The molecule has 0 aliphatic rings. The van der Waals surface area contributed by atoms with Gasteiger partial charge >= 0.3 is 0 Å². The van der Waals surface area contributed by atoms with Crippen molar-refractivity contribution >= 4 is 0 Å². The van der Waals surface area contributed by atoms with Gasteiger partial charge < -0.3 is 5.32 Å². The molecule has 0 aliphatic carbocycles. The summed E-state index contributed by atoms with van der Waals surface area (Å²) in [6.07, 6.45) is 0. The second-order valence-corrected chi connectivity index (χ2v) is 4.72. The minimum Gasteiger partial charge on any atom is -0.304 e. The van der Waals surface area contributed by atoms with Crippen molar-refractivity contribution in [3.63, 3.8) is 0 Å². The van der Waals surface area contributed by atoms with Crippen molar-refractivity contribution in [2.75, 3.05) is 0 Å². The first-order valence-electron chi connectivity index (χ1n) is 6.33. The Bertz CT molecular complexity index is 537. The lowest BCUT2D eigenvalue weighted by Crippen LogP contribution is -2.22. The summed E-state index contributed by atoms with van der Waals surface area (Å²) in [5.41, 5.74) is 1.90. The predicted molar refractivity (Wildman–Crippen MR) is 72.8 cm³/mol. The Balaban J connectivity index is 2.06. The molecule has 2 aromatic rings. The summed E-state index contributed by atoms with van der Waals surface area (Å²) in [5.74, 6) is -0.477. The summed E-state index contributed by atoms with van der Waals surface area (Å²) in [7, 11) is 0. The van der Waals surface area contributed by atoms with Crippen molar-refractivity contribution in [2.45, 2.75) is 25.9 Å². The SMILES string of the molecule is CC(N[C@@H](C)c1cccc(F)c1)c1ccc(F)cc1. The van der Waals surface area contributed by atoms with E-state index < -0.39 is 0 Å². The quantitative estimate of drug-likeness (QED) is 0.861. The summed E-state index contributed by atoms with van der Waals surface area (Å²) in [6, 6.07) is 13.0. The second-order valence-electron chi connectivity index (χ2n) is 4.72. The van der Waals surface area contributed by atoms with Gasteiger partial charge in [-0.15, -0.1) is 0 Å². The van der Waals surface area contributed by atoms with E-state index >= 15 is 0 Å². The van der Waals surface area contributed by atoms with Crippen molar-refractivity contribution in [1.82, 2.24) is 5.32 Å². The molecular formula is C16H17F2N. The highest BCUT2D eigenvalue weighted by molar-refractivity contribution is 5.22. The van der Waals surface area contributed by atoms with Crippen molar-refractivity contribution in [1.29, 1.82) is 0 Å². The zero-order valence-corrected chi connectivity index (χ0v) is 11.0. The van der Waals surface area contributed by atoms with Gasteiger partial charge in [0.15, 0.2) is 0 Å². The number of benzene rings is 2. The lowest BCUT2D eigenvalue weighted by atomic mass is 10.0. The highest BCUT2D eigenvalue weighted by Crippen LogP contribution is 2.20. The topological polar surface area (TPSA) is 12.0 Å². The van der Waals surface area contributed by atoms with Crippen LogP contribution in [0.4, 0.5) is 8.78 Å². The van der Waals surface area contributed by atoms with E-state index in [0.717, 1.165) is 11.1 Å². The predicted octanol–water partition coefficient (Wildman–Crippen LogP) is 4.38. The molecule has 2 rings (SSSR count). The van der Waals surface area contributed by atoms with Gasteiger partial charge in [0.2, 0.25) is 0 Å². The van der Waals surface area contributed by atoms with Crippen molar-refractivity contribution < 1.29 is 8.78 Å². The molecule has 0 amide bonds. The number of nitrogens with one attached hydrogen (secondary N) is 1. The van der Waals surface area contributed by atoms with Gasteiger partial charge in [-0.3, -0.25) is 0 Å². The van der Waals surface area contributed by atoms with Crippen LogP contribution in [0.25, 0.3) is 0 Å². The highest BCUT2D eigenvalue weighted by atomic mass is 19.1. The Kier molecular flexibility index (Phi) is 4.27. The Hall–Kier alpha value is -1.74. The standard InChI is InChI=1S/C16H17F2N/c1-11(13-6-8-15(17)9-7-13)19-12(2)14-4-3-5-16(18)10-14/h3-12,19H,1-2H3/t11?,12-/m0/s1. The van der Waals surface area contributed by atoms with Gasteiger partial charge in [0.1, 0.15) is 11.6 Å². The number of rotatable bonds is 4. The van der Waals surface area contributed by atoms with E-state index in [1.165, 1.54) is 24.3 Å². The molecule has 19 heavy (non-hydrogen) atoms. The van der Waals surface area contributed by atoms with Gasteiger partial charge in [-0.2, -0.15) is 0 Å². The third kappa shape index (κ3) is 3.61. The molecule has 0 aromatic heterocycles. The van der Waals surface area contributed by atoms with Crippen LogP contribution in [0.3, 0.4) is 0 Å². The third-order valence-electron chi connectivity index (χ3n) is 3.22. The summed E-state index contributed by atoms with van der Waals surface area (Å²) in [6.45, 7) is 3.98. The minimum absolute atomic E-state index is 0.0238. The number of hydrogen-bond acceptors (Lipinski definition) is 1. The number of halogens is 2. The van der Waals surface area contributed by atoms with Crippen LogP contribution in [-0.4, -0.2) is 0 Å². The van der Waals surface area contributed by atoms with Crippen molar-refractivity contribution in [3.8, 4) is 0 Å². The van der Waals surface area contributed by atoms with Crippen LogP contribution >= 0.6 is 0 Å². The average molecular weight is 261 g/mol. The maximum atomic E-state index is 13.2. The average Bonchev–Trinajstić information content (AvgIpc) is 2.39. The Labute approximate surface area is 112 Å². The maximum absolute atomic E-state index is 13.2. The molecule has 0 heterocycles. The Morgan fingerprint density at radius 3 is 2.05 bits per heavy atom. The van der Waals surface area contributed by atoms with E-state index in [9.17, 15) is 8.78 Å². The molecule has 1 unspecified atom stereocenters. The fraction of sp³-hybridized carbons (Fsp3) is 0.250. The van der Waals surface area contributed by atoms with E-state index in [4.69, 9.17) is 0 Å². The molecule has 0 spiro atoms. The van der Waals surface area contributed by atoms with E-state index in [2.05, 4.69) is 5.32 Å². The second kappa shape index (κ2) is 5.93. The van der Waals surface area contributed by atoms with Gasteiger partial charge in [-0.05, 0) is 49.2 Å². The molecule has 0 saturated heterocycles. The molecule has 2 aromatic carbocycles. The summed E-state index contributed by atoms with van der Waals surface area (Å²) in [5, 5.41) is 3.37. The van der Waals surface area contributed by atoms with Crippen LogP contribution in [0, 0.1) is 11.6 Å².